The highest BCUT2D eigenvalue weighted by molar-refractivity contribution is 7.19. The average Bonchev–Trinajstić information content (AvgIpc) is 3.35. The third kappa shape index (κ3) is 3.16. The fourth-order valence-electron chi connectivity index (χ4n) is 5.43. The second kappa shape index (κ2) is 7.45. The van der Waals surface area contributed by atoms with E-state index < -0.39 is 5.97 Å². The number of nitrogens with one attached hydrogen (secondary N) is 1. The average molecular weight is 432 g/mol. The van der Waals surface area contributed by atoms with E-state index in [1.165, 1.54) is 39.8 Å². The molecule has 0 amide bonds. The van der Waals surface area contributed by atoms with Crippen molar-refractivity contribution in [2.24, 2.45) is 5.92 Å². The van der Waals surface area contributed by atoms with E-state index >= 15 is 0 Å². The van der Waals surface area contributed by atoms with Gasteiger partial charge in [0.25, 0.3) is 0 Å². The van der Waals surface area contributed by atoms with E-state index in [2.05, 4.69) is 35.7 Å². The Morgan fingerprint density at radius 3 is 2.68 bits per heavy atom. The van der Waals surface area contributed by atoms with Crippen LogP contribution in [0.4, 0.5) is 5.82 Å². The molecule has 5 nitrogen and oxygen atoms in total. The predicted octanol–water partition coefficient (Wildman–Crippen LogP) is 5.94. The quantitative estimate of drug-likeness (QED) is 0.523. The van der Waals surface area contributed by atoms with E-state index in [-0.39, 0.29) is 11.8 Å². The van der Waals surface area contributed by atoms with Gasteiger partial charge in [-0.25, -0.2) is 9.97 Å². The fraction of sp³-hybridized carbons (Fsp3) is 0.400. The van der Waals surface area contributed by atoms with Gasteiger partial charge in [-0.2, -0.15) is 0 Å². The number of fused-ring (bicyclic) bond motifs is 6. The van der Waals surface area contributed by atoms with Crippen LogP contribution in [-0.2, 0) is 11.3 Å². The van der Waals surface area contributed by atoms with Crippen molar-refractivity contribution in [3.63, 3.8) is 0 Å². The number of hydrogen-bond acceptors (Lipinski definition) is 5. The largest absolute Gasteiger partial charge is 0.481 e. The second-order valence-electron chi connectivity index (χ2n) is 8.97. The van der Waals surface area contributed by atoms with Gasteiger partial charge >= 0.3 is 5.97 Å². The molecule has 0 saturated heterocycles. The van der Waals surface area contributed by atoms with Crippen LogP contribution in [-0.4, -0.2) is 21.0 Å². The fourth-order valence-corrected chi connectivity index (χ4v) is 6.79. The van der Waals surface area contributed by atoms with Gasteiger partial charge in [-0.1, -0.05) is 36.4 Å². The first-order valence-electron chi connectivity index (χ1n) is 11.2. The number of nitrogens with zero attached hydrogens (tertiary/aromatic N) is 2. The highest BCUT2D eigenvalue weighted by atomic mass is 32.1. The number of aromatic nitrogens is 2. The summed E-state index contributed by atoms with van der Waals surface area (Å²) >= 11 is 1.84. The molecule has 0 aliphatic heterocycles. The van der Waals surface area contributed by atoms with Gasteiger partial charge < -0.3 is 10.4 Å². The van der Waals surface area contributed by atoms with E-state index in [1.54, 1.807) is 0 Å². The van der Waals surface area contributed by atoms with Gasteiger partial charge in [0.1, 0.15) is 16.5 Å². The zero-order chi connectivity index (χ0) is 20.9. The topological polar surface area (TPSA) is 75.1 Å². The molecule has 3 aliphatic rings. The van der Waals surface area contributed by atoms with Crippen LogP contribution >= 0.6 is 11.3 Å². The first kappa shape index (κ1) is 19.0. The van der Waals surface area contributed by atoms with Crippen LogP contribution in [0.2, 0.25) is 0 Å². The SMILES string of the molecule is O=C(O)C1CCC(c2nc(NCc3ccccc3)c3c4c(sc3n2)C2CCC=C42)CC1. The molecule has 1 atom stereocenters. The summed E-state index contributed by atoms with van der Waals surface area (Å²) < 4.78 is 0. The van der Waals surface area contributed by atoms with Crippen LogP contribution in [0.25, 0.3) is 15.8 Å². The smallest absolute Gasteiger partial charge is 0.306 e. The lowest BCUT2D eigenvalue weighted by Crippen LogP contribution is -2.21. The second-order valence-corrected chi connectivity index (χ2v) is 10.00. The maximum Gasteiger partial charge on any atom is 0.306 e. The molecule has 3 aliphatic carbocycles. The van der Waals surface area contributed by atoms with Crippen LogP contribution in [0.3, 0.4) is 0 Å². The third-order valence-electron chi connectivity index (χ3n) is 7.14. The van der Waals surface area contributed by atoms with Crippen LogP contribution in [0, 0.1) is 5.92 Å². The Bertz CT molecular complexity index is 1190. The number of benzene rings is 1. The highest BCUT2D eigenvalue weighted by Crippen LogP contribution is 2.59. The zero-order valence-electron chi connectivity index (χ0n) is 17.3. The van der Waals surface area contributed by atoms with E-state index in [0.717, 1.165) is 35.9 Å². The van der Waals surface area contributed by atoms with Crippen molar-refractivity contribution >= 4 is 38.9 Å². The molecule has 3 aromatic rings. The highest BCUT2D eigenvalue weighted by Gasteiger charge is 2.40. The summed E-state index contributed by atoms with van der Waals surface area (Å²) in [5, 5.41) is 14.1. The molecule has 31 heavy (non-hydrogen) atoms. The van der Waals surface area contributed by atoms with Crippen molar-refractivity contribution in [3.8, 4) is 0 Å². The molecule has 2 N–H and O–H groups in total. The molecule has 6 heteroatoms. The van der Waals surface area contributed by atoms with Gasteiger partial charge in [-0.3, -0.25) is 4.79 Å². The van der Waals surface area contributed by atoms with E-state index in [1.807, 2.05) is 17.4 Å². The number of aliphatic carboxylic acids is 1. The lowest BCUT2D eigenvalue weighted by atomic mass is 9.79. The van der Waals surface area contributed by atoms with Crippen molar-refractivity contribution < 1.29 is 9.90 Å². The van der Waals surface area contributed by atoms with Crippen molar-refractivity contribution in [2.45, 2.75) is 56.9 Å². The molecule has 0 radical (unpaired) electrons. The van der Waals surface area contributed by atoms with Crippen LogP contribution in [0.15, 0.2) is 36.4 Å². The number of rotatable bonds is 5. The lowest BCUT2D eigenvalue weighted by molar-refractivity contribution is -0.142. The Balaban J connectivity index is 1.37. The summed E-state index contributed by atoms with van der Waals surface area (Å²) in [5.74, 6) is 1.78. The first-order chi connectivity index (χ1) is 15.2. The summed E-state index contributed by atoms with van der Waals surface area (Å²) in [6.45, 7) is 0.727. The van der Waals surface area contributed by atoms with Crippen molar-refractivity contribution in [3.05, 3.63) is 58.2 Å². The van der Waals surface area contributed by atoms with E-state index in [0.29, 0.717) is 18.8 Å². The summed E-state index contributed by atoms with van der Waals surface area (Å²) in [5.41, 5.74) is 4.09. The number of anilines is 1. The van der Waals surface area contributed by atoms with Crippen LogP contribution in [0.5, 0.6) is 0 Å². The van der Waals surface area contributed by atoms with E-state index in [4.69, 9.17) is 9.97 Å². The summed E-state index contributed by atoms with van der Waals surface area (Å²) in [7, 11) is 0. The van der Waals surface area contributed by atoms with Gasteiger partial charge in [0.05, 0.1) is 11.3 Å². The maximum atomic E-state index is 11.3. The minimum atomic E-state index is -0.668. The molecule has 0 bridgehead atoms. The Labute approximate surface area is 185 Å². The van der Waals surface area contributed by atoms with Crippen molar-refractivity contribution in [2.75, 3.05) is 5.32 Å². The number of hydrogen-bond donors (Lipinski definition) is 2. The molecule has 1 saturated carbocycles. The van der Waals surface area contributed by atoms with E-state index in [9.17, 15) is 9.90 Å². The summed E-state index contributed by atoms with van der Waals surface area (Å²) in [4.78, 5) is 24.0. The van der Waals surface area contributed by atoms with Crippen LogP contribution < -0.4 is 5.32 Å². The Morgan fingerprint density at radius 2 is 1.90 bits per heavy atom. The Morgan fingerprint density at radius 1 is 1.10 bits per heavy atom. The molecule has 158 valence electrons. The van der Waals surface area contributed by atoms with Gasteiger partial charge in [0.15, 0.2) is 0 Å². The lowest BCUT2D eigenvalue weighted by Gasteiger charge is -2.27. The molecule has 0 spiro atoms. The molecule has 1 aromatic carbocycles. The molecule has 6 rings (SSSR count). The van der Waals surface area contributed by atoms with Crippen LogP contribution in [0.1, 0.15) is 72.2 Å². The number of thiophene rings is 1. The summed E-state index contributed by atoms with van der Waals surface area (Å²) in [6, 6.07) is 10.4. The number of carboxylic acids is 1. The van der Waals surface area contributed by atoms with Gasteiger partial charge in [0, 0.05) is 28.8 Å². The molecule has 2 heterocycles. The monoisotopic (exact) mass is 431 g/mol. The van der Waals surface area contributed by atoms with Crippen molar-refractivity contribution in [1.82, 2.24) is 9.97 Å². The molecule has 1 fully saturated rings. The molecular weight excluding hydrogens is 406 g/mol. The van der Waals surface area contributed by atoms with Gasteiger partial charge in [0.2, 0.25) is 0 Å². The molecular formula is C25H25N3O2S. The molecule has 2 aromatic heterocycles. The summed E-state index contributed by atoms with van der Waals surface area (Å²) in [6.07, 6.45) is 7.90. The van der Waals surface area contributed by atoms with Crippen molar-refractivity contribution in [1.29, 1.82) is 0 Å². The minimum Gasteiger partial charge on any atom is -0.481 e. The number of carboxylic acid groups (broad SMARTS) is 1. The molecule has 1 unspecified atom stereocenters. The maximum absolute atomic E-state index is 11.3. The number of allylic oxidation sites excluding steroid dienone is 2. The Kier molecular flexibility index (Phi) is 4.56. The predicted molar refractivity (Wildman–Crippen MR) is 123 cm³/mol. The third-order valence-corrected chi connectivity index (χ3v) is 8.34. The normalized spacial score (nSPS) is 24.3. The minimum absolute atomic E-state index is 0.219. The zero-order valence-corrected chi connectivity index (χ0v) is 18.1. The van der Waals surface area contributed by atoms with Gasteiger partial charge in [-0.15, -0.1) is 11.3 Å². The standard InChI is InChI=1S/C25H25N3O2S/c29-25(30)16-11-9-15(10-12-16)22-27-23(26-13-14-5-2-1-3-6-14)20-19-17-7-4-8-18(17)21(19)31-24(20)28-22/h1-3,5-7,15-16,18H,4,8-13H2,(H,29,30)(H,26,27,28). The van der Waals surface area contributed by atoms with Gasteiger partial charge in [-0.05, 0) is 49.7 Å². The number of carbonyl (C=O) groups is 1. The first-order valence-corrected chi connectivity index (χ1v) is 12.1. The Hall–Kier alpha value is -2.73.